The van der Waals surface area contributed by atoms with Gasteiger partial charge in [-0.25, -0.2) is 8.78 Å². The Balaban J connectivity index is 2.52. The Morgan fingerprint density at radius 2 is 1.89 bits per heavy atom. The summed E-state index contributed by atoms with van der Waals surface area (Å²) in [7, 11) is 0. The standard InChI is InChI=1S/C14H11BrClF2N/c1-7-2-3-8(6-10(7)16)14(19)12-11(17)5-4-9(15)13(12)18/h2-6,14H,19H2,1H3. The Morgan fingerprint density at radius 1 is 1.21 bits per heavy atom. The van der Waals surface area contributed by atoms with Gasteiger partial charge in [-0.2, -0.15) is 0 Å². The lowest BCUT2D eigenvalue weighted by Crippen LogP contribution is -2.16. The van der Waals surface area contributed by atoms with Gasteiger partial charge in [0.05, 0.1) is 10.5 Å². The zero-order valence-electron chi connectivity index (χ0n) is 10.1. The summed E-state index contributed by atoms with van der Waals surface area (Å²) in [6.07, 6.45) is 0. The van der Waals surface area contributed by atoms with Crippen LogP contribution in [0.3, 0.4) is 0 Å². The average molecular weight is 347 g/mol. The first-order valence-electron chi connectivity index (χ1n) is 5.57. The number of hydrogen-bond acceptors (Lipinski definition) is 1. The summed E-state index contributed by atoms with van der Waals surface area (Å²) in [4.78, 5) is 0. The van der Waals surface area contributed by atoms with E-state index in [0.29, 0.717) is 10.6 Å². The normalized spacial score (nSPS) is 12.5. The monoisotopic (exact) mass is 345 g/mol. The maximum Gasteiger partial charge on any atom is 0.145 e. The van der Waals surface area contributed by atoms with E-state index in [1.165, 1.54) is 12.1 Å². The summed E-state index contributed by atoms with van der Waals surface area (Å²) in [5, 5.41) is 0.517. The molecule has 2 rings (SSSR count). The molecule has 2 aromatic carbocycles. The summed E-state index contributed by atoms with van der Waals surface area (Å²) in [6.45, 7) is 1.85. The molecule has 0 radical (unpaired) electrons. The minimum Gasteiger partial charge on any atom is -0.320 e. The Hall–Kier alpha value is -0.970. The molecule has 0 amide bonds. The van der Waals surface area contributed by atoms with Crippen LogP contribution < -0.4 is 5.73 Å². The van der Waals surface area contributed by atoms with Crippen molar-refractivity contribution >= 4 is 27.5 Å². The van der Waals surface area contributed by atoms with Crippen molar-refractivity contribution in [2.24, 2.45) is 5.73 Å². The molecular weight excluding hydrogens is 336 g/mol. The summed E-state index contributed by atoms with van der Waals surface area (Å²) in [5.74, 6) is -1.37. The molecule has 1 atom stereocenters. The van der Waals surface area contributed by atoms with E-state index in [9.17, 15) is 8.78 Å². The van der Waals surface area contributed by atoms with Gasteiger partial charge in [-0.05, 0) is 52.2 Å². The second kappa shape index (κ2) is 5.57. The van der Waals surface area contributed by atoms with Gasteiger partial charge in [0.25, 0.3) is 0 Å². The van der Waals surface area contributed by atoms with E-state index in [2.05, 4.69) is 15.9 Å². The number of rotatable bonds is 2. The quantitative estimate of drug-likeness (QED) is 0.781. The summed E-state index contributed by atoms with van der Waals surface area (Å²) >= 11 is 9.03. The van der Waals surface area contributed by atoms with Gasteiger partial charge in [-0.15, -0.1) is 0 Å². The van der Waals surface area contributed by atoms with Gasteiger partial charge in [0.1, 0.15) is 11.6 Å². The van der Waals surface area contributed by atoms with E-state index in [1.54, 1.807) is 18.2 Å². The van der Waals surface area contributed by atoms with E-state index in [-0.39, 0.29) is 10.0 Å². The Morgan fingerprint density at radius 3 is 2.53 bits per heavy atom. The van der Waals surface area contributed by atoms with Gasteiger partial charge in [0.15, 0.2) is 0 Å². The van der Waals surface area contributed by atoms with Crippen LogP contribution in [-0.4, -0.2) is 0 Å². The Labute approximate surface area is 123 Å². The molecule has 0 aromatic heterocycles. The molecule has 0 heterocycles. The number of hydrogen-bond donors (Lipinski definition) is 1. The maximum atomic E-state index is 14.0. The third-order valence-electron chi connectivity index (χ3n) is 2.95. The predicted octanol–water partition coefficient (Wildman–Crippen LogP) is 4.74. The Kier molecular flexibility index (Phi) is 4.23. The van der Waals surface area contributed by atoms with Crippen LogP contribution in [0.5, 0.6) is 0 Å². The van der Waals surface area contributed by atoms with Crippen molar-refractivity contribution in [1.29, 1.82) is 0 Å². The molecule has 0 saturated carbocycles. The van der Waals surface area contributed by atoms with E-state index in [1.807, 2.05) is 6.92 Å². The summed E-state index contributed by atoms with van der Waals surface area (Å²) in [5.41, 5.74) is 7.22. The van der Waals surface area contributed by atoms with Crippen molar-refractivity contribution in [1.82, 2.24) is 0 Å². The third kappa shape index (κ3) is 2.81. The van der Waals surface area contributed by atoms with Crippen LogP contribution in [0.15, 0.2) is 34.8 Å². The SMILES string of the molecule is Cc1ccc(C(N)c2c(F)ccc(Br)c2F)cc1Cl. The molecule has 5 heteroatoms. The first kappa shape index (κ1) is 14.4. The minimum absolute atomic E-state index is 0.172. The highest BCUT2D eigenvalue weighted by Crippen LogP contribution is 2.30. The van der Waals surface area contributed by atoms with Crippen molar-refractivity contribution in [3.63, 3.8) is 0 Å². The molecule has 2 aromatic rings. The third-order valence-corrected chi connectivity index (χ3v) is 3.97. The summed E-state index contributed by atoms with van der Waals surface area (Å²) in [6, 6.07) is 6.69. The van der Waals surface area contributed by atoms with E-state index in [4.69, 9.17) is 17.3 Å². The fourth-order valence-electron chi connectivity index (χ4n) is 1.80. The molecule has 1 unspecified atom stereocenters. The molecule has 2 N–H and O–H groups in total. The number of halogens is 4. The van der Waals surface area contributed by atoms with Gasteiger partial charge in [-0.1, -0.05) is 23.7 Å². The minimum atomic E-state index is -0.907. The number of aryl methyl sites for hydroxylation is 1. The van der Waals surface area contributed by atoms with Crippen molar-refractivity contribution in [3.05, 3.63) is 68.2 Å². The molecule has 0 aliphatic carbocycles. The van der Waals surface area contributed by atoms with E-state index >= 15 is 0 Å². The van der Waals surface area contributed by atoms with E-state index < -0.39 is 17.7 Å². The van der Waals surface area contributed by atoms with Crippen molar-refractivity contribution in [2.75, 3.05) is 0 Å². The van der Waals surface area contributed by atoms with Crippen LogP contribution in [-0.2, 0) is 0 Å². The smallest absolute Gasteiger partial charge is 0.145 e. The summed E-state index contributed by atoms with van der Waals surface area (Å²) < 4.78 is 27.9. The van der Waals surface area contributed by atoms with Crippen LogP contribution >= 0.6 is 27.5 Å². The zero-order valence-corrected chi connectivity index (χ0v) is 12.4. The highest BCUT2D eigenvalue weighted by molar-refractivity contribution is 9.10. The van der Waals surface area contributed by atoms with Gasteiger partial charge in [0.2, 0.25) is 0 Å². The highest BCUT2D eigenvalue weighted by atomic mass is 79.9. The molecule has 100 valence electrons. The van der Waals surface area contributed by atoms with Crippen molar-refractivity contribution in [2.45, 2.75) is 13.0 Å². The first-order valence-corrected chi connectivity index (χ1v) is 6.74. The van der Waals surface area contributed by atoms with Gasteiger partial charge in [0, 0.05) is 10.6 Å². The van der Waals surface area contributed by atoms with Crippen LogP contribution in [0, 0.1) is 18.6 Å². The van der Waals surface area contributed by atoms with E-state index in [0.717, 1.165) is 5.56 Å². The van der Waals surface area contributed by atoms with Gasteiger partial charge in [-0.3, -0.25) is 0 Å². The van der Waals surface area contributed by atoms with Gasteiger partial charge < -0.3 is 5.73 Å². The molecule has 0 saturated heterocycles. The lowest BCUT2D eigenvalue weighted by molar-refractivity contribution is 0.539. The van der Waals surface area contributed by atoms with Crippen LogP contribution in [0.1, 0.15) is 22.7 Å². The van der Waals surface area contributed by atoms with Crippen LogP contribution in [0.25, 0.3) is 0 Å². The fraction of sp³-hybridized carbons (Fsp3) is 0.143. The molecule has 0 aliphatic heterocycles. The topological polar surface area (TPSA) is 26.0 Å². The van der Waals surface area contributed by atoms with Crippen molar-refractivity contribution in [3.8, 4) is 0 Å². The lowest BCUT2D eigenvalue weighted by atomic mass is 9.98. The molecule has 0 aliphatic rings. The molecule has 0 spiro atoms. The molecular formula is C14H11BrClF2N. The maximum absolute atomic E-state index is 14.0. The first-order chi connectivity index (χ1) is 8.91. The fourth-order valence-corrected chi connectivity index (χ4v) is 2.33. The zero-order chi connectivity index (χ0) is 14.2. The molecule has 0 fully saturated rings. The lowest BCUT2D eigenvalue weighted by Gasteiger charge is -2.16. The predicted molar refractivity (Wildman–Crippen MR) is 76.3 cm³/mol. The number of nitrogens with two attached hydrogens (primary N) is 1. The van der Waals surface area contributed by atoms with Crippen LogP contribution in [0.4, 0.5) is 8.78 Å². The second-order valence-corrected chi connectivity index (χ2v) is 5.50. The number of benzene rings is 2. The largest absolute Gasteiger partial charge is 0.320 e. The average Bonchev–Trinajstić information content (AvgIpc) is 2.37. The molecule has 1 nitrogen and oxygen atoms in total. The Bertz CT molecular complexity index is 631. The van der Waals surface area contributed by atoms with Crippen LogP contribution in [0.2, 0.25) is 5.02 Å². The highest BCUT2D eigenvalue weighted by Gasteiger charge is 2.20. The molecule has 0 bridgehead atoms. The second-order valence-electron chi connectivity index (χ2n) is 4.24. The van der Waals surface area contributed by atoms with Crippen molar-refractivity contribution < 1.29 is 8.78 Å². The van der Waals surface area contributed by atoms with Gasteiger partial charge >= 0.3 is 0 Å². The molecule has 19 heavy (non-hydrogen) atoms.